The molecule has 28 heavy (non-hydrogen) atoms. The van der Waals surface area contributed by atoms with E-state index in [2.05, 4.69) is 9.88 Å². The van der Waals surface area contributed by atoms with Crippen LogP contribution >= 0.6 is 23.1 Å². The molecule has 1 aliphatic rings. The van der Waals surface area contributed by atoms with E-state index in [1.54, 1.807) is 28.4 Å². The predicted octanol–water partition coefficient (Wildman–Crippen LogP) is 2.58. The topological polar surface area (TPSA) is 57.9 Å². The summed E-state index contributed by atoms with van der Waals surface area (Å²) in [5.41, 5.74) is 0.752. The first-order valence-corrected chi connectivity index (χ1v) is 11.0. The summed E-state index contributed by atoms with van der Waals surface area (Å²) in [7, 11) is 0. The number of carbonyl (C=O) groups is 1. The monoisotopic (exact) mass is 414 g/mol. The van der Waals surface area contributed by atoms with Crippen molar-refractivity contribution in [2.75, 3.05) is 26.2 Å². The van der Waals surface area contributed by atoms with Crippen LogP contribution in [0.25, 0.3) is 4.96 Å². The van der Waals surface area contributed by atoms with Crippen LogP contribution in [0.4, 0.5) is 0 Å². The Morgan fingerprint density at radius 1 is 1.21 bits per heavy atom. The highest BCUT2D eigenvalue weighted by Gasteiger charge is 2.25. The number of nitrogens with zero attached hydrogens (tertiary/aromatic N) is 4. The fourth-order valence-electron chi connectivity index (χ4n) is 3.34. The molecule has 1 saturated heterocycles. The lowest BCUT2D eigenvalue weighted by atomic mass is 10.2. The van der Waals surface area contributed by atoms with Crippen LogP contribution < -0.4 is 5.56 Å². The van der Waals surface area contributed by atoms with Crippen LogP contribution in [-0.4, -0.2) is 56.5 Å². The zero-order chi connectivity index (χ0) is 19.5. The first-order chi connectivity index (χ1) is 13.6. The van der Waals surface area contributed by atoms with Crippen LogP contribution in [0.2, 0.25) is 0 Å². The molecule has 0 radical (unpaired) electrons. The molecule has 0 N–H and O–H groups in total. The summed E-state index contributed by atoms with van der Waals surface area (Å²) in [6, 6.07) is 11.6. The lowest BCUT2D eigenvalue weighted by Crippen LogP contribution is -2.50. The van der Waals surface area contributed by atoms with Gasteiger partial charge < -0.3 is 4.90 Å². The fourth-order valence-corrected chi connectivity index (χ4v) is 5.05. The smallest absolute Gasteiger partial charge is 0.258 e. The van der Waals surface area contributed by atoms with Gasteiger partial charge in [0.15, 0.2) is 4.96 Å². The van der Waals surface area contributed by atoms with Crippen molar-refractivity contribution in [1.82, 2.24) is 19.2 Å². The summed E-state index contributed by atoms with van der Waals surface area (Å²) < 4.78 is 1.57. The third-order valence-corrected chi connectivity index (χ3v) is 6.69. The van der Waals surface area contributed by atoms with E-state index in [0.29, 0.717) is 19.6 Å². The highest BCUT2D eigenvalue weighted by molar-refractivity contribution is 8.00. The normalized spacial score (nSPS) is 16.4. The molecule has 3 heterocycles. The number of rotatable bonds is 5. The Morgan fingerprint density at radius 3 is 2.71 bits per heavy atom. The Bertz CT molecular complexity index is 1010. The van der Waals surface area contributed by atoms with Gasteiger partial charge in [0.2, 0.25) is 5.91 Å². The van der Waals surface area contributed by atoms with E-state index in [4.69, 9.17) is 0 Å². The molecule has 1 aliphatic heterocycles. The molecule has 0 aliphatic carbocycles. The summed E-state index contributed by atoms with van der Waals surface area (Å²) in [5.74, 6) is 0.185. The molecule has 2 aromatic heterocycles. The van der Waals surface area contributed by atoms with Crippen LogP contribution in [0.3, 0.4) is 0 Å². The number of piperazine rings is 1. The molecule has 8 heteroatoms. The molecule has 0 spiro atoms. The summed E-state index contributed by atoms with van der Waals surface area (Å²) >= 11 is 3.07. The molecule has 1 unspecified atom stereocenters. The molecule has 3 aromatic rings. The molecule has 146 valence electrons. The minimum absolute atomic E-state index is 0.0400. The standard InChI is InChI=1S/C20H22N4O2S2/c1-15(28-17-5-3-2-4-6-17)19(26)23-9-7-22(8-10-23)14-16-13-18(25)24-11-12-27-20(24)21-16/h2-6,11-13,15H,7-10,14H2,1H3. The van der Waals surface area contributed by atoms with Gasteiger partial charge in [-0.05, 0) is 19.1 Å². The van der Waals surface area contributed by atoms with E-state index in [1.165, 1.54) is 11.3 Å². The van der Waals surface area contributed by atoms with E-state index < -0.39 is 0 Å². The zero-order valence-corrected chi connectivity index (χ0v) is 17.3. The first kappa shape index (κ1) is 19.2. The average Bonchev–Trinajstić information content (AvgIpc) is 3.18. The first-order valence-electron chi connectivity index (χ1n) is 9.29. The number of benzene rings is 1. The maximum atomic E-state index is 12.8. The average molecular weight is 415 g/mol. The van der Waals surface area contributed by atoms with Gasteiger partial charge in [0.25, 0.3) is 5.56 Å². The highest BCUT2D eigenvalue weighted by Crippen LogP contribution is 2.24. The number of thioether (sulfide) groups is 1. The molecular formula is C20H22N4O2S2. The molecule has 1 amide bonds. The summed E-state index contributed by atoms with van der Waals surface area (Å²) in [5, 5.41) is 1.77. The minimum Gasteiger partial charge on any atom is -0.339 e. The number of carbonyl (C=O) groups excluding carboxylic acids is 1. The van der Waals surface area contributed by atoms with Gasteiger partial charge in [-0.1, -0.05) is 18.2 Å². The number of hydrogen-bond donors (Lipinski definition) is 0. The Labute approximate surface area is 171 Å². The van der Waals surface area contributed by atoms with Crippen molar-refractivity contribution in [1.29, 1.82) is 0 Å². The lowest BCUT2D eigenvalue weighted by molar-refractivity contribution is -0.132. The maximum absolute atomic E-state index is 12.8. The van der Waals surface area contributed by atoms with E-state index in [0.717, 1.165) is 28.6 Å². The lowest BCUT2D eigenvalue weighted by Gasteiger charge is -2.35. The molecular weight excluding hydrogens is 392 g/mol. The van der Waals surface area contributed by atoms with Gasteiger partial charge in [0.05, 0.1) is 10.9 Å². The third-order valence-electron chi connectivity index (χ3n) is 4.83. The largest absolute Gasteiger partial charge is 0.339 e. The molecule has 4 rings (SSSR count). The molecule has 1 fully saturated rings. The number of hydrogen-bond acceptors (Lipinski definition) is 6. The van der Waals surface area contributed by atoms with Crippen LogP contribution in [0.5, 0.6) is 0 Å². The van der Waals surface area contributed by atoms with Gasteiger partial charge in [-0.2, -0.15) is 0 Å². The van der Waals surface area contributed by atoms with E-state index in [-0.39, 0.29) is 16.7 Å². The minimum atomic E-state index is -0.100. The van der Waals surface area contributed by atoms with Crippen molar-refractivity contribution in [2.45, 2.75) is 23.6 Å². The van der Waals surface area contributed by atoms with Crippen molar-refractivity contribution in [3.8, 4) is 0 Å². The van der Waals surface area contributed by atoms with Crippen molar-refractivity contribution >= 4 is 34.0 Å². The van der Waals surface area contributed by atoms with Crippen LogP contribution in [0.1, 0.15) is 12.6 Å². The summed E-state index contributed by atoms with van der Waals surface area (Å²) in [6.45, 7) is 5.61. The Morgan fingerprint density at radius 2 is 1.96 bits per heavy atom. The van der Waals surface area contributed by atoms with Crippen LogP contribution in [-0.2, 0) is 11.3 Å². The molecule has 1 aromatic carbocycles. The number of thiazole rings is 1. The van der Waals surface area contributed by atoms with Gasteiger partial charge in [0.1, 0.15) is 0 Å². The van der Waals surface area contributed by atoms with Crippen molar-refractivity contribution in [3.05, 3.63) is 64.0 Å². The fraction of sp³-hybridized carbons (Fsp3) is 0.350. The third kappa shape index (κ3) is 4.29. The van der Waals surface area contributed by atoms with E-state index >= 15 is 0 Å². The van der Waals surface area contributed by atoms with Gasteiger partial charge >= 0.3 is 0 Å². The van der Waals surface area contributed by atoms with E-state index in [1.807, 2.05) is 47.5 Å². The zero-order valence-electron chi connectivity index (χ0n) is 15.7. The molecule has 1 atom stereocenters. The number of aromatic nitrogens is 2. The Balaban J connectivity index is 1.32. The quantitative estimate of drug-likeness (QED) is 0.601. The predicted molar refractivity (Wildman–Crippen MR) is 113 cm³/mol. The van der Waals surface area contributed by atoms with Gasteiger partial charge in [-0.15, -0.1) is 23.1 Å². The van der Waals surface area contributed by atoms with Crippen LogP contribution in [0, 0.1) is 0 Å². The maximum Gasteiger partial charge on any atom is 0.258 e. The second-order valence-electron chi connectivity index (χ2n) is 6.82. The molecule has 0 saturated carbocycles. The molecule has 0 bridgehead atoms. The summed E-state index contributed by atoms with van der Waals surface area (Å²) in [4.78, 5) is 35.5. The van der Waals surface area contributed by atoms with Crippen molar-refractivity contribution in [3.63, 3.8) is 0 Å². The second-order valence-corrected chi connectivity index (χ2v) is 9.10. The van der Waals surface area contributed by atoms with Crippen molar-refractivity contribution in [2.24, 2.45) is 0 Å². The number of fused-ring (bicyclic) bond motifs is 1. The van der Waals surface area contributed by atoms with Gasteiger partial charge in [0, 0.05) is 55.3 Å². The Hall–Kier alpha value is -2.16. The summed E-state index contributed by atoms with van der Waals surface area (Å²) in [6.07, 6.45) is 1.75. The number of amides is 1. The van der Waals surface area contributed by atoms with Gasteiger partial charge in [-0.3, -0.25) is 18.9 Å². The Kier molecular flexibility index (Phi) is 5.79. The van der Waals surface area contributed by atoms with Gasteiger partial charge in [-0.25, -0.2) is 4.98 Å². The van der Waals surface area contributed by atoms with Crippen molar-refractivity contribution < 1.29 is 4.79 Å². The second kappa shape index (κ2) is 8.46. The van der Waals surface area contributed by atoms with E-state index in [9.17, 15) is 9.59 Å². The molecule has 6 nitrogen and oxygen atoms in total. The SMILES string of the molecule is CC(Sc1ccccc1)C(=O)N1CCN(Cc2cc(=O)n3ccsc3n2)CC1. The van der Waals surface area contributed by atoms with Crippen LogP contribution in [0.15, 0.2) is 57.7 Å². The highest BCUT2D eigenvalue weighted by atomic mass is 32.2.